The standard InChI is InChI=1S/C14H20O5/c1-9(18-7-11-8-19-11)10-5-12(15-2)14(17-4)13(6-10)16-3/h5-6,9,11H,7-8H2,1-4H3/t9-,11-/m0/s1. The van der Waals surface area contributed by atoms with Crippen LogP contribution in [0.25, 0.3) is 0 Å². The van der Waals surface area contributed by atoms with E-state index in [0.29, 0.717) is 23.9 Å². The highest BCUT2D eigenvalue weighted by molar-refractivity contribution is 5.54. The number of ether oxygens (including phenoxy) is 5. The molecule has 1 aromatic carbocycles. The minimum absolute atomic E-state index is 0.0575. The van der Waals surface area contributed by atoms with Crippen LogP contribution in [0.2, 0.25) is 0 Å². The van der Waals surface area contributed by atoms with Crippen molar-refractivity contribution < 1.29 is 23.7 Å². The summed E-state index contributed by atoms with van der Waals surface area (Å²) in [5, 5.41) is 0. The molecule has 5 heteroatoms. The van der Waals surface area contributed by atoms with Crippen LogP contribution < -0.4 is 14.2 Å². The summed E-state index contributed by atoms with van der Waals surface area (Å²) in [4.78, 5) is 0. The van der Waals surface area contributed by atoms with Crippen molar-refractivity contribution in [3.05, 3.63) is 17.7 Å². The minimum atomic E-state index is -0.0575. The Morgan fingerprint density at radius 3 is 2.16 bits per heavy atom. The zero-order valence-electron chi connectivity index (χ0n) is 11.8. The smallest absolute Gasteiger partial charge is 0.203 e. The van der Waals surface area contributed by atoms with Crippen LogP contribution in [0.5, 0.6) is 17.2 Å². The summed E-state index contributed by atoms with van der Waals surface area (Å²) >= 11 is 0. The van der Waals surface area contributed by atoms with Gasteiger partial charge in [0.1, 0.15) is 6.10 Å². The van der Waals surface area contributed by atoms with Gasteiger partial charge in [-0.1, -0.05) is 0 Å². The number of hydrogen-bond acceptors (Lipinski definition) is 5. The summed E-state index contributed by atoms with van der Waals surface area (Å²) in [5.74, 6) is 1.86. The Balaban J connectivity index is 2.18. The van der Waals surface area contributed by atoms with Crippen LogP contribution in [-0.2, 0) is 9.47 Å². The maximum atomic E-state index is 5.75. The molecule has 5 nitrogen and oxygen atoms in total. The fourth-order valence-electron chi connectivity index (χ4n) is 1.85. The van der Waals surface area contributed by atoms with Crippen LogP contribution in [0.1, 0.15) is 18.6 Å². The molecule has 19 heavy (non-hydrogen) atoms. The molecular formula is C14H20O5. The van der Waals surface area contributed by atoms with Crippen LogP contribution in [0.15, 0.2) is 12.1 Å². The Kier molecular flexibility index (Phi) is 4.50. The Hall–Kier alpha value is -1.46. The van der Waals surface area contributed by atoms with Crippen LogP contribution in [0.4, 0.5) is 0 Å². The first-order chi connectivity index (χ1) is 9.19. The maximum absolute atomic E-state index is 5.75. The van der Waals surface area contributed by atoms with Crippen molar-refractivity contribution in [3.8, 4) is 17.2 Å². The van der Waals surface area contributed by atoms with E-state index in [1.807, 2.05) is 19.1 Å². The summed E-state index contributed by atoms with van der Waals surface area (Å²) in [6, 6.07) is 3.81. The van der Waals surface area contributed by atoms with Crippen molar-refractivity contribution in [1.82, 2.24) is 0 Å². The molecular weight excluding hydrogens is 248 g/mol. The Bertz CT molecular complexity index is 403. The van der Waals surface area contributed by atoms with Gasteiger partial charge in [0.2, 0.25) is 5.75 Å². The lowest BCUT2D eigenvalue weighted by atomic mass is 10.1. The molecule has 0 amide bonds. The van der Waals surface area contributed by atoms with Crippen molar-refractivity contribution >= 4 is 0 Å². The molecule has 2 atom stereocenters. The van der Waals surface area contributed by atoms with Gasteiger partial charge in [0, 0.05) is 0 Å². The second-order valence-electron chi connectivity index (χ2n) is 4.39. The van der Waals surface area contributed by atoms with E-state index in [9.17, 15) is 0 Å². The molecule has 1 aliphatic heterocycles. The van der Waals surface area contributed by atoms with Crippen molar-refractivity contribution in [2.24, 2.45) is 0 Å². The van der Waals surface area contributed by atoms with Gasteiger partial charge in [0.05, 0.1) is 40.6 Å². The van der Waals surface area contributed by atoms with Gasteiger partial charge in [0.15, 0.2) is 11.5 Å². The fraction of sp³-hybridized carbons (Fsp3) is 0.571. The second kappa shape index (κ2) is 6.12. The van der Waals surface area contributed by atoms with Crippen LogP contribution >= 0.6 is 0 Å². The van der Waals surface area contributed by atoms with Gasteiger partial charge in [-0.2, -0.15) is 0 Å². The maximum Gasteiger partial charge on any atom is 0.203 e. The second-order valence-corrected chi connectivity index (χ2v) is 4.39. The van der Waals surface area contributed by atoms with Gasteiger partial charge in [-0.05, 0) is 24.6 Å². The molecule has 1 heterocycles. The predicted molar refractivity (Wildman–Crippen MR) is 70.2 cm³/mol. The van der Waals surface area contributed by atoms with E-state index in [2.05, 4.69) is 0 Å². The number of rotatable bonds is 7. The van der Waals surface area contributed by atoms with E-state index in [1.54, 1.807) is 21.3 Å². The zero-order valence-corrected chi connectivity index (χ0v) is 11.8. The lowest BCUT2D eigenvalue weighted by Crippen LogP contribution is -2.07. The first-order valence-electron chi connectivity index (χ1n) is 6.22. The van der Waals surface area contributed by atoms with Crippen molar-refractivity contribution in [3.63, 3.8) is 0 Å². The van der Waals surface area contributed by atoms with Crippen LogP contribution in [0, 0.1) is 0 Å². The molecule has 1 aliphatic rings. The summed E-state index contributed by atoms with van der Waals surface area (Å²) in [7, 11) is 4.79. The highest BCUT2D eigenvalue weighted by Gasteiger charge is 2.24. The molecule has 0 bridgehead atoms. The minimum Gasteiger partial charge on any atom is -0.493 e. The molecule has 0 radical (unpaired) electrons. The average Bonchev–Trinajstić information content (AvgIpc) is 3.27. The molecule has 0 aromatic heterocycles. The molecule has 1 saturated heterocycles. The molecule has 0 unspecified atom stereocenters. The topological polar surface area (TPSA) is 49.5 Å². The van der Waals surface area contributed by atoms with E-state index in [0.717, 1.165) is 12.2 Å². The van der Waals surface area contributed by atoms with Crippen molar-refractivity contribution in [2.75, 3.05) is 34.5 Å². The molecule has 0 aliphatic carbocycles. The van der Waals surface area contributed by atoms with Crippen molar-refractivity contribution in [1.29, 1.82) is 0 Å². The third-order valence-corrected chi connectivity index (χ3v) is 3.09. The highest BCUT2D eigenvalue weighted by Crippen LogP contribution is 2.40. The molecule has 0 saturated carbocycles. The Labute approximate surface area is 113 Å². The van der Waals surface area contributed by atoms with E-state index < -0.39 is 0 Å². The summed E-state index contributed by atoms with van der Waals surface area (Å²) in [5.41, 5.74) is 0.982. The first-order valence-corrected chi connectivity index (χ1v) is 6.22. The van der Waals surface area contributed by atoms with Gasteiger partial charge < -0.3 is 23.7 Å². The lowest BCUT2D eigenvalue weighted by molar-refractivity contribution is 0.0536. The van der Waals surface area contributed by atoms with Gasteiger partial charge in [-0.25, -0.2) is 0 Å². The summed E-state index contributed by atoms with van der Waals surface area (Å²) in [6.07, 6.45) is 0.197. The molecule has 1 fully saturated rings. The normalized spacial score (nSPS) is 18.8. The van der Waals surface area contributed by atoms with Gasteiger partial charge in [0.25, 0.3) is 0 Å². The number of epoxide rings is 1. The molecule has 1 aromatic rings. The zero-order chi connectivity index (χ0) is 13.8. The molecule has 0 N–H and O–H groups in total. The van der Waals surface area contributed by atoms with Crippen LogP contribution in [-0.4, -0.2) is 40.6 Å². The number of hydrogen-bond donors (Lipinski definition) is 0. The Morgan fingerprint density at radius 1 is 1.16 bits per heavy atom. The molecule has 2 rings (SSSR count). The SMILES string of the molecule is COc1cc([C@H](C)OC[C@H]2CO2)cc(OC)c1OC. The molecule has 0 spiro atoms. The van der Waals surface area contributed by atoms with E-state index in [-0.39, 0.29) is 12.2 Å². The summed E-state index contributed by atoms with van der Waals surface area (Å²) in [6.45, 7) is 3.39. The largest absolute Gasteiger partial charge is 0.493 e. The van der Waals surface area contributed by atoms with E-state index in [1.165, 1.54) is 0 Å². The van der Waals surface area contributed by atoms with Gasteiger partial charge in [-0.3, -0.25) is 0 Å². The molecule has 106 valence electrons. The third-order valence-electron chi connectivity index (χ3n) is 3.09. The predicted octanol–water partition coefficient (Wildman–Crippen LogP) is 2.19. The monoisotopic (exact) mass is 268 g/mol. The summed E-state index contributed by atoms with van der Waals surface area (Å²) < 4.78 is 26.8. The third kappa shape index (κ3) is 3.30. The Morgan fingerprint density at radius 2 is 1.74 bits per heavy atom. The highest BCUT2D eigenvalue weighted by atomic mass is 16.6. The average molecular weight is 268 g/mol. The first kappa shape index (κ1) is 14.0. The quantitative estimate of drug-likeness (QED) is 0.709. The van der Waals surface area contributed by atoms with Gasteiger partial charge in [-0.15, -0.1) is 0 Å². The number of methoxy groups -OCH3 is 3. The fourth-order valence-corrected chi connectivity index (χ4v) is 1.85. The van der Waals surface area contributed by atoms with E-state index >= 15 is 0 Å². The van der Waals surface area contributed by atoms with E-state index in [4.69, 9.17) is 23.7 Å². The van der Waals surface area contributed by atoms with Crippen molar-refractivity contribution in [2.45, 2.75) is 19.1 Å². The van der Waals surface area contributed by atoms with Crippen LogP contribution in [0.3, 0.4) is 0 Å². The lowest BCUT2D eigenvalue weighted by Gasteiger charge is -2.18. The number of benzene rings is 1. The van der Waals surface area contributed by atoms with Gasteiger partial charge >= 0.3 is 0 Å².